The maximum atomic E-state index is 12.9. The van der Waals surface area contributed by atoms with E-state index in [9.17, 15) is 9.59 Å². The van der Waals surface area contributed by atoms with Crippen LogP contribution in [0.3, 0.4) is 0 Å². The van der Waals surface area contributed by atoms with Gasteiger partial charge in [0.05, 0.1) is 23.9 Å². The molecule has 6 heteroatoms. The van der Waals surface area contributed by atoms with E-state index in [-0.39, 0.29) is 24.0 Å². The summed E-state index contributed by atoms with van der Waals surface area (Å²) in [4.78, 5) is 28.6. The molecule has 0 fully saturated rings. The van der Waals surface area contributed by atoms with Gasteiger partial charge >= 0.3 is 6.03 Å². The molecule has 2 aliphatic heterocycles. The van der Waals surface area contributed by atoms with E-state index in [4.69, 9.17) is 0 Å². The molecule has 0 saturated carbocycles. The molecular formula is C16H21N3O2S. The highest BCUT2D eigenvalue weighted by atomic mass is 32.1. The zero-order chi connectivity index (χ0) is 16.0. The van der Waals surface area contributed by atoms with E-state index >= 15 is 0 Å². The third-order valence-corrected chi connectivity index (χ3v) is 5.42. The zero-order valence-electron chi connectivity index (χ0n) is 13.3. The molecule has 0 saturated heterocycles. The van der Waals surface area contributed by atoms with Crippen LogP contribution in [0.1, 0.15) is 32.4 Å². The molecule has 1 aromatic rings. The van der Waals surface area contributed by atoms with E-state index < -0.39 is 0 Å². The monoisotopic (exact) mass is 319 g/mol. The molecule has 3 rings (SSSR count). The van der Waals surface area contributed by atoms with Gasteiger partial charge in [0.15, 0.2) is 0 Å². The van der Waals surface area contributed by atoms with Crippen LogP contribution in [0.4, 0.5) is 4.79 Å². The summed E-state index contributed by atoms with van der Waals surface area (Å²) in [5.41, 5.74) is 2.52. The summed E-state index contributed by atoms with van der Waals surface area (Å²) in [6.07, 6.45) is 0. The first-order chi connectivity index (χ1) is 10.4. The van der Waals surface area contributed by atoms with Gasteiger partial charge in [-0.15, -0.1) is 0 Å². The average molecular weight is 319 g/mol. The van der Waals surface area contributed by atoms with E-state index in [0.717, 1.165) is 11.3 Å². The van der Waals surface area contributed by atoms with Crippen molar-refractivity contribution in [3.8, 4) is 0 Å². The van der Waals surface area contributed by atoms with Crippen LogP contribution >= 0.6 is 11.3 Å². The van der Waals surface area contributed by atoms with Crippen molar-refractivity contribution >= 4 is 23.3 Å². The summed E-state index contributed by atoms with van der Waals surface area (Å²) in [6.45, 7) is 6.80. The predicted molar refractivity (Wildman–Crippen MR) is 86.4 cm³/mol. The Balaban J connectivity index is 2.00. The van der Waals surface area contributed by atoms with Crippen molar-refractivity contribution in [3.05, 3.63) is 33.7 Å². The highest BCUT2D eigenvalue weighted by Crippen LogP contribution is 2.37. The van der Waals surface area contributed by atoms with E-state index in [1.54, 1.807) is 23.3 Å². The first-order valence-corrected chi connectivity index (χ1v) is 8.46. The van der Waals surface area contributed by atoms with E-state index in [1.807, 2.05) is 21.7 Å². The van der Waals surface area contributed by atoms with Gasteiger partial charge in [-0.25, -0.2) is 4.79 Å². The molecule has 1 N–H and O–H groups in total. The largest absolute Gasteiger partial charge is 0.330 e. The number of hydrogen-bond donors (Lipinski definition) is 1. The Labute approximate surface area is 134 Å². The summed E-state index contributed by atoms with van der Waals surface area (Å²) in [7, 11) is 1.73. The first kappa shape index (κ1) is 15.1. The van der Waals surface area contributed by atoms with Gasteiger partial charge < -0.3 is 10.2 Å². The lowest BCUT2D eigenvalue weighted by atomic mass is 9.98. The second kappa shape index (κ2) is 5.43. The van der Waals surface area contributed by atoms with Crippen molar-refractivity contribution in [2.75, 3.05) is 13.6 Å². The molecule has 5 nitrogen and oxygen atoms in total. The van der Waals surface area contributed by atoms with E-state index in [0.29, 0.717) is 18.0 Å². The number of likely N-dealkylation sites (N-methyl/N-ethyl adjacent to an activating group) is 1. The topological polar surface area (TPSA) is 52.7 Å². The number of urea groups is 1. The van der Waals surface area contributed by atoms with Crippen molar-refractivity contribution in [2.24, 2.45) is 5.92 Å². The number of amides is 3. The molecule has 0 spiro atoms. The van der Waals surface area contributed by atoms with Crippen LogP contribution in [0.25, 0.3) is 0 Å². The van der Waals surface area contributed by atoms with E-state index in [1.165, 1.54) is 0 Å². The standard InChI is InChI=1S/C16H21N3O2S/c1-9(2)10(3)19-7-12-13(15(19)20)14(11-5-6-22-8-11)17-16(21)18(12)4/h5-6,8-10,14H,7H2,1-4H3,(H,17,21). The fourth-order valence-electron chi connectivity index (χ4n) is 2.97. The minimum absolute atomic E-state index is 0.0410. The zero-order valence-corrected chi connectivity index (χ0v) is 14.1. The number of carbonyl (C=O) groups excluding carboxylic acids is 2. The number of hydrogen-bond acceptors (Lipinski definition) is 3. The molecule has 3 amide bonds. The Morgan fingerprint density at radius 2 is 2.05 bits per heavy atom. The average Bonchev–Trinajstić information content (AvgIpc) is 3.10. The third-order valence-electron chi connectivity index (χ3n) is 4.72. The maximum Gasteiger partial charge on any atom is 0.322 e. The highest BCUT2D eigenvalue weighted by molar-refractivity contribution is 7.08. The van der Waals surface area contributed by atoms with Crippen LogP contribution in [0.15, 0.2) is 28.1 Å². The minimum atomic E-state index is -0.332. The molecule has 0 radical (unpaired) electrons. The van der Waals surface area contributed by atoms with Crippen LogP contribution in [0, 0.1) is 5.92 Å². The highest BCUT2D eigenvalue weighted by Gasteiger charge is 2.44. The van der Waals surface area contributed by atoms with Gasteiger partial charge in [0.25, 0.3) is 5.91 Å². The van der Waals surface area contributed by atoms with Crippen molar-refractivity contribution < 1.29 is 9.59 Å². The van der Waals surface area contributed by atoms with Crippen LogP contribution in [-0.4, -0.2) is 41.4 Å². The van der Waals surface area contributed by atoms with Gasteiger partial charge in [0.2, 0.25) is 0 Å². The number of thiophene rings is 1. The maximum absolute atomic E-state index is 12.9. The van der Waals surface area contributed by atoms with Gasteiger partial charge in [0, 0.05) is 13.1 Å². The second-order valence-corrected chi connectivity index (χ2v) is 7.06. The Kier molecular flexibility index (Phi) is 3.72. The molecule has 2 unspecified atom stereocenters. The molecule has 118 valence electrons. The van der Waals surface area contributed by atoms with Crippen molar-refractivity contribution in [1.29, 1.82) is 0 Å². The molecule has 0 aromatic carbocycles. The van der Waals surface area contributed by atoms with Crippen LogP contribution in [0.2, 0.25) is 0 Å². The normalized spacial score (nSPS) is 23.2. The fourth-order valence-corrected chi connectivity index (χ4v) is 3.65. The fraction of sp³-hybridized carbons (Fsp3) is 0.500. The summed E-state index contributed by atoms with van der Waals surface area (Å²) < 4.78 is 0. The summed E-state index contributed by atoms with van der Waals surface area (Å²) in [5, 5.41) is 6.90. The summed E-state index contributed by atoms with van der Waals surface area (Å²) >= 11 is 1.57. The lowest BCUT2D eigenvalue weighted by Gasteiger charge is -2.30. The molecule has 3 heterocycles. The van der Waals surface area contributed by atoms with Gasteiger partial charge in [-0.3, -0.25) is 9.69 Å². The van der Waals surface area contributed by atoms with Crippen molar-refractivity contribution in [2.45, 2.75) is 32.9 Å². The molecule has 0 aliphatic carbocycles. The molecular weight excluding hydrogens is 298 g/mol. The number of rotatable bonds is 3. The van der Waals surface area contributed by atoms with Crippen molar-refractivity contribution in [1.82, 2.24) is 15.1 Å². The number of carbonyl (C=O) groups is 2. The Morgan fingerprint density at radius 3 is 2.64 bits per heavy atom. The number of nitrogens with zero attached hydrogens (tertiary/aromatic N) is 2. The van der Waals surface area contributed by atoms with Crippen molar-refractivity contribution in [3.63, 3.8) is 0 Å². The Hall–Kier alpha value is -1.82. The lowest BCUT2D eigenvalue weighted by molar-refractivity contribution is -0.128. The summed E-state index contributed by atoms with van der Waals surface area (Å²) in [6, 6.07) is 1.63. The van der Waals surface area contributed by atoms with Crippen LogP contribution < -0.4 is 5.32 Å². The minimum Gasteiger partial charge on any atom is -0.330 e. The molecule has 0 bridgehead atoms. The molecule has 1 aromatic heterocycles. The van der Waals surface area contributed by atoms with Gasteiger partial charge in [0.1, 0.15) is 0 Å². The molecule has 2 atom stereocenters. The first-order valence-electron chi connectivity index (χ1n) is 7.52. The smallest absolute Gasteiger partial charge is 0.322 e. The number of nitrogens with one attached hydrogen (secondary N) is 1. The van der Waals surface area contributed by atoms with Crippen LogP contribution in [-0.2, 0) is 4.79 Å². The quantitative estimate of drug-likeness (QED) is 0.931. The molecule has 2 aliphatic rings. The second-order valence-electron chi connectivity index (χ2n) is 6.28. The van der Waals surface area contributed by atoms with Gasteiger partial charge in [-0.1, -0.05) is 13.8 Å². The van der Waals surface area contributed by atoms with Gasteiger partial charge in [-0.05, 0) is 35.2 Å². The third kappa shape index (κ3) is 2.22. The Bertz CT molecular complexity index is 636. The lowest BCUT2D eigenvalue weighted by Crippen LogP contribution is -2.45. The van der Waals surface area contributed by atoms with Crippen LogP contribution in [0.5, 0.6) is 0 Å². The summed E-state index contributed by atoms with van der Waals surface area (Å²) in [5.74, 6) is 0.415. The van der Waals surface area contributed by atoms with Gasteiger partial charge in [-0.2, -0.15) is 11.3 Å². The predicted octanol–water partition coefficient (Wildman–Crippen LogP) is 2.59. The Morgan fingerprint density at radius 1 is 1.32 bits per heavy atom. The van der Waals surface area contributed by atoms with E-state index in [2.05, 4.69) is 26.1 Å². The molecule has 22 heavy (non-hydrogen) atoms. The SMILES string of the molecule is CC(C)C(C)N1CC2=C(C1=O)C(c1ccsc1)NC(=O)N2C.